The lowest BCUT2D eigenvalue weighted by atomic mass is 10.4. The Balaban J connectivity index is 3.18. The highest BCUT2D eigenvalue weighted by Crippen LogP contribution is 2.08. The van der Waals surface area contributed by atoms with Crippen LogP contribution in [0.1, 0.15) is 10.4 Å². The summed E-state index contributed by atoms with van der Waals surface area (Å²) in [5.74, 6) is 0. The molecule has 0 bridgehead atoms. The van der Waals surface area contributed by atoms with Crippen molar-refractivity contribution in [1.29, 1.82) is 0 Å². The molecule has 1 aromatic rings. The molecule has 0 radical (unpaired) electrons. The van der Waals surface area contributed by atoms with Crippen molar-refractivity contribution < 1.29 is 13.2 Å². The molecule has 0 amide bonds. The largest absolute Gasteiger partial charge is 0.298 e. The van der Waals surface area contributed by atoms with E-state index < -0.39 is 7.19 Å². The number of hydrogen-bond donors (Lipinski definition) is 0. The zero-order chi connectivity index (χ0) is 8.48. The third-order valence-electron chi connectivity index (χ3n) is 1.08. The maximum absolute atomic E-state index is 10.8. The van der Waals surface area contributed by atoms with Crippen molar-refractivity contribution in [2.75, 3.05) is 0 Å². The lowest BCUT2D eigenvalue weighted by Gasteiger charge is -1.92. The summed E-state index contributed by atoms with van der Waals surface area (Å²) in [5.41, 5.74) is 0.352. The Morgan fingerprint density at radius 2 is 2.18 bits per heavy atom. The number of aromatic nitrogens is 1. The van der Waals surface area contributed by atoms with Crippen LogP contribution in [0.3, 0.4) is 0 Å². The van der Waals surface area contributed by atoms with Gasteiger partial charge in [0.25, 0.3) is 7.19 Å². The van der Waals surface area contributed by atoms with Gasteiger partial charge in [-0.1, -0.05) is 0 Å². The number of aldehydes is 1. The minimum atomic E-state index is -3.26. The van der Waals surface area contributed by atoms with E-state index in [1.165, 1.54) is 39.7 Å². The van der Waals surface area contributed by atoms with Gasteiger partial charge in [-0.25, -0.2) is 3.97 Å². The van der Waals surface area contributed by atoms with Gasteiger partial charge in [-0.15, -0.1) is 0 Å². The molecular weight excluding hydrogens is 281 g/mol. The zero-order valence-corrected chi connectivity index (χ0v) is 8.24. The van der Waals surface area contributed by atoms with Gasteiger partial charge in [-0.2, -0.15) is 8.42 Å². The first kappa shape index (κ1) is 8.72. The molecule has 0 spiro atoms. The van der Waals surface area contributed by atoms with E-state index in [0.29, 0.717) is 11.8 Å². The van der Waals surface area contributed by atoms with Crippen LogP contribution in [0.2, 0.25) is 0 Å². The molecule has 0 saturated heterocycles. The molecule has 6 heteroatoms. The van der Waals surface area contributed by atoms with E-state index in [-0.39, 0.29) is 0 Å². The molecule has 0 aromatic carbocycles. The molecular formula is C5H4INO3S. The van der Waals surface area contributed by atoms with Crippen LogP contribution >= 0.6 is 21.2 Å². The molecule has 0 fully saturated rings. The van der Waals surface area contributed by atoms with Crippen molar-refractivity contribution >= 4 is 34.7 Å². The summed E-state index contributed by atoms with van der Waals surface area (Å²) in [6, 6.07) is 1.43. The second-order valence-corrected chi connectivity index (χ2v) is 6.42. The minimum Gasteiger partial charge on any atom is -0.298 e. The average Bonchev–Trinajstić information content (AvgIpc) is 2.32. The van der Waals surface area contributed by atoms with E-state index in [9.17, 15) is 13.2 Å². The van der Waals surface area contributed by atoms with Gasteiger partial charge in [-0.3, -0.25) is 4.79 Å². The molecule has 1 rings (SSSR count). The second kappa shape index (κ2) is 2.94. The molecule has 0 N–H and O–H groups in total. The van der Waals surface area contributed by atoms with Crippen molar-refractivity contribution in [2.24, 2.45) is 0 Å². The Morgan fingerprint density at radius 3 is 2.45 bits per heavy atom. The monoisotopic (exact) mass is 285 g/mol. The van der Waals surface area contributed by atoms with Crippen LogP contribution in [-0.4, -0.2) is 18.7 Å². The Labute approximate surface area is 75.8 Å². The molecule has 0 atom stereocenters. The smallest absolute Gasteiger partial charge is 0.292 e. The summed E-state index contributed by atoms with van der Waals surface area (Å²) in [6.45, 7) is 0. The SMILES string of the molecule is O=Cc1ccn(S(=O)(=O)I)c1. The summed E-state index contributed by atoms with van der Waals surface area (Å²) < 4.78 is 22.6. The number of halogens is 1. The van der Waals surface area contributed by atoms with Crippen LogP contribution in [0.5, 0.6) is 0 Å². The lowest BCUT2D eigenvalue weighted by molar-refractivity contribution is 0.112. The fraction of sp³-hybridized carbons (Fsp3) is 0. The predicted molar refractivity (Wildman–Crippen MR) is 48.2 cm³/mol. The summed E-state index contributed by atoms with van der Waals surface area (Å²) in [4.78, 5) is 10.1. The van der Waals surface area contributed by atoms with E-state index in [2.05, 4.69) is 0 Å². The molecule has 11 heavy (non-hydrogen) atoms. The number of hydrogen-bond acceptors (Lipinski definition) is 3. The lowest BCUT2D eigenvalue weighted by Crippen LogP contribution is -1.99. The minimum absolute atomic E-state index is 0.352. The van der Waals surface area contributed by atoms with E-state index in [0.717, 1.165) is 3.97 Å². The van der Waals surface area contributed by atoms with Crippen molar-refractivity contribution in [1.82, 2.24) is 3.97 Å². The maximum atomic E-state index is 10.8. The fourth-order valence-corrected chi connectivity index (χ4v) is 1.79. The van der Waals surface area contributed by atoms with Gasteiger partial charge in [0.1, 0.15) is 0 Å². The van der Waals surface area contributed by atoms with Gasteiger partial charge in [0.05, 0.1) is 21.2 Å². The second-order valence-electron chi connectivity index (χ2n) is 1.83. The van der Waals surface area contributed by atoms with Crippen LogP contribution in [0.15, 0.2) is 18.5 Å². The van der Waals surface area contributed by atoms with E-state index >= 15 is 0 Å². The highest BCUT2D eigenvalue weighted by Gasteiger charge is 2.06. The molecule has 4 nitrogen and oxygen atoms in total. The van der Waals surface area contributed by atoms with Crippen molar-refractivity contribution in [3.63, 3.8) is 0 Å². The summed E-state index contributed by atoms with van der Waals surface area (Å²) in [5, 5.41) is 0. The highest BCUT2D eigenvalue weighted by molar-refractivity contribution is 14.2. The Kier molecular flexibility index (Phi) is 2.33. The third-order valence-corrected chi connectivity index (χ3v) is 3.17. The topological polar surface area (TPSA) is 56.1 Å². The molecule has 0 saturated carbocycles. The van der Waals surface area contributed by atoms with Gasteiger partial charge < -0.3 is 0 Å². The summed E-state index contributed by atoms with van der Waals surface area (Å²) in [7, 11) is -3.26. The summed E-state index contributed by atoms with van der Waals surface area (Å²) in [6.07, 6.45) is 3.18. The molecule has 60 valence electrons. The van der Waals surface area contributed by atoms with E-state index in [1.807, 2.05) is 0 Å². The molecule has 0 unspecified atom stereocenters. The first-order valence-corrected chi connectivity index (χ1v) is 6.60. The van der Waals surface area contributed by atoms with Gasteiger partial charge in [0.15, 0.2) is 6.29 Å². The molecule has 1 heterocycles. The van der Waals surface area contributed by atoms with Crippen LogP contribution < -0.4 is 0 Å². The molecule has 0 aliphatic heterocycles. The van der Waals surface area contributed by atoms with Gasteiger partial charge >= 0.3 is 0 Å². The van der Waals surface area contributed by atoms with Crippen LogP contribution in [0.4, 0.5) is 0 Å². The predicted octanol–water partition coefficient (Wildman–Crippen LogP) is 0.829. The van der Waals surface area contributed by atoms with E-state index in [4.69, 9.17) is 0 Å². The van der Waals surface area contributed by atoms with Crippen molar-refractivity contribution in [2.45, 2.75) is 0 Å². The molecule has 1 aromatic heterocycles. The first-order valence-electron chi connectivity index (χ1n) is 2.62. The van der Waals surface area contributed by atoms with Crippen LogP contribution in [0.25, 0.3) is 0 Å². The van der Waals surface area contributed by atoms with Crippen molar-refractivity contribution in [3.8, 4) is 0 Å². The first-order chi connectivity index (χ1) is 5.04. The quantitative estimate of drug-likeness (QED) is 0.459. The number of carbonyl (C=O) groups excluding carboxylic acids is 1. The van der Waals surface area contributed by atoms with Crippen LogP contribution in [0, 0.1) is 0 Å². The molecule has 0 aliphatic rings. The third kappa shape index (κ3) is 2.03. The zero-order valence-electron chi connectivity index (χ0n) is 5.27. The fourth-order valence-electron chi connectivity index (χ4n) is 0.598. The normalized spacial score (nSPS) is 11.4. The Morgan fingerprint density at radius 1 is 1.55 bits per heavy atom. The average molecular weight is 285 g/mol. The van der Waals surface area contributed by atoms with Gasteiger partial charge in [0, 0.05) is 18.0 Å². The van der Waals surface area contributed by atoms with Crippen LogP contribution in [-0.2, 0) is 7.19 Å². The van der Waals surface area contributed by atoms with Gasteiger partial charge in [-0.05, 0) is 6.07 Å². The number of rotatable bonds is 2. The van der Waals surface area contributed by atoms with E-state index in [1.54, 1.807) is 0 Å². The Bertz CT molecular complexity index is 367. The Hall–Kier alpha value is -0.370. The molecule has 0 aliphatic carbocycles. The highest BCUT2D eigenvalue weighted by atomic mass is 127. The maximum Gasteiger partial charge on any atom is 0.292 e. The summed E-state index contributed by atoms with van der Waals surface area (Å²) >= 11 is 1.29. The number of nitrogens with zero attached hydrogens (tertiary/aromatic N) is 1. The van der Waals surface area contributed by atoms with Gasteiger partial charge in [0.2, 0.25) is 0 Å². The van der Waals surface area contributed by atoms with Crippen molar-refractivity contribution in [3.05, 3.63) is 24.0 Å². The number of carbonyl (C=O) groups is 1. The standard InChI is InChI=1S/C5H4INO3S/c6-11(9,10)7-2-1-5(3-7)4-8/h1-4H.